The van der Waals surface area contributed by atoms with Crippen molar-refractivity contribution in [2.24, 2.45) is 5.41 Å². The third-order valence-electron chi connectivity index (χ3n) is 5.10. The van der Waals surface area contributed by atoms with Crippen LogP contribution in [0.3, 0.4) is 0 Å². The largest absolute Gasteiger partial charge is 0.0654 e. The fraction of sp³-hybridized carbons (Fsp3) is 0.667. The molecule has 0 bridgehead atoms. The molecular formula is C18H28. The molecule has 0 heterocycles. The van der Waals surface area contributed by atoms with Gasteiger partial charge in [-0.1, -0.05) is 76.3 Å². The normalized spacial score (nSPS) is 20.6. The zero-order valence-electron chi connectivity index (χ0n) is 12.1. The summed E-state index contributed by atoms with van der Waals surface area (Å²) in [5, 5.41) is 0. The van der Waals surface area contributed by atoms with Crippen molar-refractivity contribution in [2.75, 3.05) is 0 Å². The second-order valence-electron chi connectivity index (χ2n) is 6.16. The van der Waals surface area contributed by atoms with Crippen LogP contribution >= 0.6 is 0 Å². The van der Waals surface area contributed by atoms with Crippen molar-refractivity contribution in [3.63, 3.8) is 0 Å². The van der Waals surface area contributed by atoms with Gasteiger partial charge in [0.05, 0.1) is 0 Å². The third kappa shape index (κ3) is 2.96. The van der Waals surface area contributed by atoms with E-state index in [0.29, 0.717) is 5.41 Å². The maximum atomic E-state index is 2.47. The average molecular weight is 244 g/mol. The Labute approximate surface area is 113 Å². The lowest BCUT2D eigenvalue weighted by atomic mass is 9.62. The van der Waals surface area contributed by atoms with Crippen molar-refractivity contribution in [3.8, 4) is 0 Å². The molecule has 1 aromatic rings. The Bertz CT molecular complexity index is 332. The molecule has 0 saturated heterocycles. The van der Waals surface area contributed by atoms with Gasteiger partial charge in [0, 0.05) is 0 Å². The van der Waals surface area contributed by atoms with Crippen LogP contribution in [0, 0.1) is 5.41 Å². The Morgan fingerprint density at radius 3 is 2.33 bits per heavy atom. The second kappa shape index (κ2) is 6.41. The van der Waals surface area contributed by atoms with Gasteiger partial charge in [0.25, 0.3) is 0 Å². The molecule has 0 aromatic heterocycles. The zero-order valence-corrected chi connectivity index (χ0v) is 12.1. The molecule has 0 radical (unpaired) electrons. The Kier molecular flexibility index (Phi) is 4.86. The van der Waals surface area contributed by atoms with Gasteiger partial charge in [0.1, 0.15) is 0 Å². The fourth-order valence-electron chi connectivity index (χ4n) is 3.78. The van der Waals surface area contributed by atoms with E-state index in [1.54, 1.807) is 5.56 Å². The van der Waals surface area contributed by atoms with Gasteiger partial charge in [-0.05, 0) is 36.2 Å². The van der Waals surface area contributed by atoms with E-state index in [0.717, 1.165) is 5.92 Å². The quantitative estimate of drug-likeness (QED) is 0.602. The third-order valence-corrected chi connectivity index (χ3v) is 5.10. The summed E-state index contributed by atoms with van der Waals surface area (Å²) in [5.74, 6) is 0.727. The highest BCUT2D eigenvalue weighted by molar-refractivity contribution is 5.21. The fourth-order valence-corrected chi connectivity index (χ4v) is 3.78. The van der Waals surface area contributed by atoms with E-state index in [-0.39, 0.29) is 0 Å². The Morgan fingerprint density at radius 2 is 1.72 bits per heavy atom. The summed E-state index contributed by atoms with van der Waals surface area (Å²) in [6, 6.07) is 11.2. The molecule has 1 aliphatic rings. The van der Waals surface area contributed by atoms with Crippen LogP contribution in [-0.4, -0.2) is 0 Å². The molecule has 0 spiro atoms. The lowest BCUT2D eigenvalue weighted by Gasteiger charge is -2.43. The monoisotopic (exact) mass is 244 g/mol. The molecule has 1 aromatic carbocycles. The number of benzene rings is 1. The van der Waals surface area contributed by atoms with Crippen LogP contribution in [0.2, 0.25) is 0 Å². The second-order valence-corrected chi connectivity index (χ2v) is 6.16. The van der Waals surface area contributed by atoms with Crippen LogP contribution in [0.15, 0.2) is 30.3 Å². The predicted octanol–water partition coefficient (Wildman–Crippen LogP) is 5.93. The van der Waals surface area contributed by atoms with Crippen LogP contribution in [0.1, 0.15) is 76.7 Å². The van der Waals surface area contributed by atoms with Crippen molar-refractivity contribution in [2.45, 2.75) is 71.1 Å². The van der Waals surface area contributed by atoms with Gasteiger partial charge >= 0.3 is 0 Å². The van der Waals surface area contributed by atoms with Gasteiger partial charge in [-0.3, -0.25) is 0 Å². The zero-order chi connectivity index (χ0) is 12.8. The van der Waals surface area contributed by atoms with Crippen LogP contribution < -0.4 is 0 Å². The van der Waals surface area contributed by atoms with Crippen molar-refractivity contribution < 1.29 is 0 Å². The highest BCUT2D eigenvalue weighted by Crippen LogP contribution is 2.50. The SMILES string of the molecule is CCCCC1(C(C)c2ccccc2)CCCCC1. The topological polar surface area (TPSA) is 0 Å². The Morgan fingerprint density at radius 1 is 1.06 bits per heavy atom. The molecule has 1 fully saturated rings. The minimum absolute atomic E-state index is 0.593. The van der Waals surface area contributed by atoms with Gasteiger partial charge in [-0.15, -0.1) is 0 Å². The molecule has 0 nitrogen and oxygen atoms in total. The summed E-state index contributed by atoms with van der Waals surface area (Å²) in [7, 11) is 0. The first-order valence-corrected chi connectivity index (χ1v) is 7.83. The van der Waals surface area contributed by atoms with Crippen LogP contribution in [-0.2, 0) is 0 Å². The molecular weight excluding hydrogens is 216 g/mol. The first-order chi connectivity index (χ1) is 8.78. The minimum Gasteiger partial charge on any atom is -0.0654 e. The molecule has 0 N–H and O–H groups in total. The molecule has 100 valence electrons. The maximum absolute atomic E-state index is 2.47. The molecule has 1 aliphatic carbocycles. The van der Waals surface area contributed by atoms with Gasteiger partial charge in [-0.2, -0.15) is 0 Å². The van der Waals surface area contributed by atoms with Gasteiger partial charge in [0.2, 0.25) is 0 Å². The van der Waals surface area contributed by atoms with E-state index in [4.69, 9.17) is 0 Å². The molecule has 0 aliphatic heterocycles. The molecule has 2 rings (SSSR count). The molecule has 18 heavy (non-hydrogen) atoms. The number of hydrogen-bond acceptors (Lipinski definition) is 0. The summed E-state index contributed by atoms with van der Waals surface area (Å²) >= 11 is 0. The van der Waals surface area contributed by atoms with Crippen LogP contribution in [0.4, 0.5) is 0 Å². The van der Waals surface area contributed by atoms with Gasteiger partial charge < -0.3 is 0 Å². The van der Waals surface area contributed by atoms with E-state index in [1.807, 2.05) is 0 Å². The van der Waals surface area contributed by atoms with Crippen LogP contribution in [0.25, 0.3) is 0 Å². The molecule has 1 unspecified atom stereocenters. The maximum Gasteiger partial charge on any atom is -0.0134 e. The van der Waals surface area contributed by atoms with Gasteiger partial charge in [0.15, 0.2) is 0 Å². The van der Waals surface area contributed by atoms with E-state index >= 15 is 0 Å². The molecule has 1 atom stereocenters. The summed E-state index contributed by atoms with van der Waals surface area (Å²) in [5.41, 5.74) is 2.14. The first kappa shape index (κ1) is 13.6. The summed E-state index contributed by atoms with van der Waals surface area (Å²) in [6.07, 6.45) is 11.4. The van der Waals surface area contributed by atoms with E-state index in [2.05, 4.69) is 44.2 Å². The molecule has 0 heteroatoms. The molecule has 1 saturated carbocycles. The predicted molar refractivity (Wildman–Crippen MR) is 79.9 cm³/mol. The number of hydrogen-bond donors (Lipinski definition) is 0. The van der Waals surface area contributed by atoms with Crippen molar-refractivity contribution in [1.82, 2.24) is 0 Å². The Balaban J connectivity index is 2.17. The first-order valence-electron chi connectivity index (χ1n) is 7.83. The van der Waals surface area contributed by atoms with Crippen molar-refractivity contribution in [1.29, 1.82) is 0 Å². The number of unbranched alkanes of at least 4 members (excludes halogenated alkanes) is 1. The van der Waals surface area contributed by atoms with Gasteiger partial charge in [-0.25, -0.2) is 0 Å². The van der Waals surface area contributed by atoms with E-state index in [1.165, 1.54) is 51.4 Å². The summed E-state index contributed by atoms with van der Waals surface area (Å²) in [6.45, 7) is 4.79. The standard InChI is InChI=1S/C18H28/c1-3-4-13-18(14-9-6-10-15-18)16(2)17-11-7-5-8-12-17/h5,7-8,11-12,16H,3-4,6,9-10,13-15H2,1-2H3. The summed E-state index contributed by atoms with van der Waals surface area (Å²) < 4.78 is 0. The molecule has 0 amide bonds. The number of rotatable bonds is 5. The highest BCUT2D eigenvalue weighted by atomic mass is 14.4. The average Bonchev–Trinajstić information content (AvgIpc) is 2.46. The van der Waals surface area contributed by atoms with E-state index in [9.17, 15) is 0 Å². The Hall–Kier alpha value is -0.780. The smallest absolute Gasteiger partial charge is 0.0134 e. The lowest BCUT2D eigenvalue weighted by Crippen LogP contribution is -2.30. The van der Waals surface area contributed by atoms with E-state index < -0.39 is 0 Å². The summed E-state index contributed by atoms with van der Waals surface area (Å²) in [4.78, 5) is 0. The highest BCUT2D eigenvalue weighted by Gasteiger charge is 2.37. The van der Waals surface area contributed by atoms with Crippen LogP contribution in [0.5, 0.6) is 0 Å². The van der Waals surface area contributed by atoms with Crippen molar-refractivity contribution >= 4 is 0 Å². The minimum atomic E-state index is 0.593. The lowest BCUT2D eigenvalue weighted by molar-refractivity contribution is 0.132. The van der Waals surface area contributed by atoms with Crippen molar-refractivity contribution in [3.05, 3.63) is 35.9 Å².